The topological polar surface area (TPSA) is 44.5 Å². The summed E-state index contributed by atoms with van der Waals surface area (Å²) in [4.78, 5) is 0. The summed E-state index contributed by atoms with van der Waals surface area (Å²) in [6.07, 6.45) is 4.15. The molecule has 0 aromatic rings. The Balaban J connectivity index is 2.10. The average Bonchev–Trinajstić information content (AvgIpc) is 2.98. The first kappa shape index (κ1) is 11.4. The van der Waals surface area contributed by atoms with Gasteiger partial charge in [0.15, 0.2) is 0 Å². The van der Waals surface area contributed by atoms with Crippen LogP contribution in [0.2, 0.25) is 0 Å². The molecule has 0 amide bonds. The molecule has 0 spiro atoms. The molecule has 1 aliphatic heterocycles. The molecule has 1 heterocycles. The van der Waals surface area contributed by atoms with Gasteiger partial charge in [-0.25, -0.2) is 0 Å². The van der Waals surface area contributed by atoms with E-state index in [0.717, 1.165) is 32.1 Å². The van der Waals surface area contributed by atoms with Crippen LogP contribution in [-0.4, -0.2) is 33.0 Å². The van der Waals surface area contributed by atoms with E-state index >= 15 is 0 Å². The lowest BCUT2D eigenvalue weighted by atomic mass is 9.70. The van der Waals surface area contributed by atoms with Gasteiger partial charge >= 0.3 is 0 Å². The highest BCUT2D eigenvalue weighted by atomic mass is 16.5. The summed E-state index contributed by atoms with van der Waals surface area (Å²) >= 11 is 0. The third-order valence-electron chi connectivity index (χ3n) is 4.26. The normalized spacial score (nSPS) is 38.2. The summed E-state index contributed by atoms with van der Waals surface area (Å²) < 4.78 is 11.2. The van der Waals surface area contributed by atoms with Crippen LogP contribution in [0.1, 0.15) is 26.2 Å². The molecule has 88 valence electrons. The summed E-state index contributed by atoms with van der Waals surface area (Å²) in [5.41, 5.74) is 6.20. The fourth-order valence-corrected chi connectivity index (χ4v) is 3.05. The van der Waals surface area contributed by atoms with Crippen molar-refractivity contribution >= 4 is 0 Å². The maximum absolute atomic E-state index is 6.02. The number of rotatable bonds is 5. The third-order valence-corrected chi connectivity index (χ3v) is 4.26. The predicted molar refractivity (Wildman–Crippen MR) is 59.6 cm³/mol. The Bertz CT molecular complexity index is 218. The second-order valence-corrected chi connectivity index (χ2v) is 5.17. The van der Waals surface area contributed by atoms with Gasteiger partial charge in [0, 0.05) is 32.3 Å². The highest BCUT2D eigenvalue weighted by molar-refractivity contribution is 5.02. The van der Waals surface area contributed by atoms with Crippen molar-refractivity contribution in [1.82, 2.24) is 0 Å². The van der Waals surface area contributed by atoms with Gasteiger partial charge in [-0.1, -0.05) is 6.92 Å². The maximum Gasteiger partial charge on any atom is 0.0675 e. The van der Waals surface area contributed by atoms with Crippen LogP contribution in [0.3, 0.4) is 0 Å². The molecule has 3 atom stereocenters. The highest BCUT2D eigenvalue weighted by Gasteiger charge is 2.52. The number of nitrogens with two attached hydrogens (primary N) is 1. The van der Waals surface area contributed by atoms with Crippen molar-refractivity contribution in [2.75, 3.05) is 26.9 Å². The predicted octanol–water partition coefficient (Wildman–Crippen LogP) is 1.41. The fraction of sp³-hybridized carbons (Fsp3) is 1.00. The average molecular weight is 213 g/mol. The second kappa shape index (κ2) is 4.40. The maximum atomic E-state index is 6.02. The van der Waals surface area contributed by atoms with Gasteiger partial charge in [0.05, 0.1) is 6.10 Å². The first-order valence-corrected chi connectivity index (χ1v) is 6.05. The van der Waals surface area contributed by atoms with Gasteiger partial charge in [-0.3, -0.25) is 0 Å². The zero-order valence-electron chi connectivity index (χ0n) is 9.87. The molecule has 3 unspecified atom stereocenters. The van der Waals surface area contributed by atoms with Crippen molar-refractivity contribution in [1.29, 1.82) is 0 Å². The molecule has 3 nitrogen and oxygen atoms in total. The van der Waals surface area contributed by atoms with Crippen molar-refractivity contribution < 1.29 is 9.47 Å². The van der Waals surface area contributed by atoms with Gasteiger partial charge in [-0.05, 0) is 31.1 Å². The van der Waals surface area contributed by atoms with Crippen LogP contribution in [0.25, 0.3) is 0 Å². The number of methoxy groups -OCH3 is 1. The summed E-state index contributed by atoms with van der Waals surface area (Å²) in [6.45, 7) is 4.66. The van der Waals surface area contributed by atoms with Crippen molar-refractivity contribution in [3.05, 3.63) is 0 Å². The van der Waals surface area contributed by atoms with Gasteiger partial charge in [0.2, 0.25) is 0 Å². The molecule has 1 saturated carbocycles. The minimum atomic E-state index is 0.178. The Morgan fingerprint density at radius 3 is 2.80 bits per heavy atom. The zero-order valence-corrected chi connectivity index (χ0v) is 9.87. The van der Waals surface area contributed by atoms with Gasteiger partial charge in [0.1, 0.15) is 0 Å². The van der Waals surface area contributed by atoms with E-state index in [-0.39, 0.29) is 5.41 Å². The quantitative estimate of drug-likeness (QED) is 0.751. The van der Waals surface area contributed by atoms with E-state index in [1.54, 1.807) is 7.11 Å². The summed E-state index contributed by atoms with van der Waals surface area (Å²) in [7, 11) is 1.77. The molecule has 1 aliphatic carbocycles. The highest BCUT2D eigenvalue weighted by Crippen LogP contribution is 2.50. The molecule has 2 N–H and O–H groups in total. The van der Waals surface area contributed by atoms with Crippen molar-refractivity contribution in [2.45, 2.75) is 32.3 Å². The van der Waals surface area contributed by atoms with Crippen LogP contribution in [0, 0.1) is 17.3 Å². The first-order valence-electron chi connectivity index (χ1n) is 6.05. The standard InChI is InChI=1S/C12H23NO2/c1-9(7-14-2)12(8-13)5-6-15-11(12)10-3-4-10/h9-11H,3-8,13H2,1-2H3. The Labute approximate surface area is 92.3 Å². The van der Waals surface area contributed by atoms with E-state index in [2.05, 4.69) is 6.92 Å². The number of hydrogen-bond acceptors (Lipinski definition) is 3. The third kappa shape index (κ3) is 1.93. The first-order chi connectivity index (χ1) is 7.24. The van der Waals surface area contributed by atoms with Crippen molar-refractivity contribution in [3.8, 4) is 0 Å². The van der Waals surface area contributed by atoms with Gasteiger partial charge in [-0.15, -0.1) is 0 Å². The molecule has 0 aromatic carbocycles. The molecule has 0 bridgehead atoms. The van der Waals surface area contributed by atoms with Crippen molar-refractivity contribution in [3.63, 3.8) is 0 Å². The SMILES string of the molecule is COCC(C)C1(CN)CCOC1C1CC1. The monoisotopic (exact) mass is 213 g/mol. The molecule has 1 saturated heterocycles. The molecule has 3 heteroatoms. The van der Waals surface area contributed by atoms with E-state index in [0.29, 0.717) is 12.0 Å². The van der Waals surface area contributed by atoms with Crippen LogP contribution < -0.4 is 5.73 Å². The largest absolute Gasteiger partial charge is 0.384 e. The Kier molecular flexibility index (Phi) is 3.33. The summed E-state index contributed by atoms with van der Waals surface area (Å²) in [6, 6.07) is 0. The fourth-order valence-electron chi connectivity index (χ4n) is 3.05. The summed E-state index contributed by atoms with van der Waals surface area (Å²) in [5, 5.41) is 0. The lowest BCUT2D eigenvalue weighted by molar-refractivity contribution is -0.0135. The van der Waals surface area contributed by atoms with E-state index in [1.165, 1.54) is 12.8 Å². The van der Waals surface area contributed by atoms with Crippen LogP contribution in [0.15, 0.2) is 0 Å². The Morgan fingerprint density at radius 2 is 2.27 bits per heavy atom. The van der Waals surface area contributed by atoms with Crippen LogP contribution in [0.5, 0.6) is 0 Å². The van der Waals surface area contributed by atoms with Crippen LogP contribution >= 0.6 is 0 Å². The Morgan fingerprint density at radius 1 is 1.53 bits per heavy atom. The summed E-state index contributed by atoms with van der Waals surface area (Å²) in [5.74, 6) is 1.27. The smallest absolute Gasteiger partial charge is 0.0675 e. The molecule has 0 aromatic heterocycles. The number of hydrogen-bond donors (Lipinski definition) is 1. The lowest BCUT2D eigenvalue weighted by Crippen LogP contribution is -2.46. The Hall–Kier alpha value is -0.120. The molecular formula is C12H23NO2. The van der Waals surface area contributed by atoms with Crippen molar-refractivity contribution in [2.24, 2.45) is 23.0 Å². The molecule has 0 radical (unpaired) electrons. The zero-order chi connectivity index (χ0) is 10.9. The lowest BCUT2D eigenvalue weighted by Gasteiger charge is -2.38. The number of ether oxygens (including phenoxy) is 2. The van der Waals surface area contributed by atoms with Crippen LogP contribution in [0.4, 0.5) is 0 Å². The van der Waals surface area contributed by atoms with E-state index < -0.39 is 0 Å². The molecule has 2 fully saturated rings. The van der Waals surface area contributed by atoms with E-state index in [1.807, 2.05) is 0 Å². The molecular weight excluding hydrogens is 190 g/mol. The second-order valence-electron chi connectivity index (χ2n) is 5.17. The minimum absolute atomic E-state index is 0.178. The minimum Gasteiger partial charge on any atom is -0.384 e. The van der Waals surface area contributed by atoms with Gasteiger partial charge < -0.3 is 15.2 Å². The van der Waals surface area contributed by atoms with Gasteiger partial charge in [0.25, 0.3) is 0 Å². The molecule has 15 heavy (non-hydrogen) atoms. The van der Waals surface area contributed by atoms with E-state index in [9.17, 15) is 0 Å². The molecule has 2 rings (SSSR count). The van der Waals surface area contributed by atoms with Crippen LogP contribution in [-0.2, 0) is 9.47 Å². The van der Waals surface area contributed by atoms with Gasteiger partial charge in [-0.2, -0.15) is 0 Å². The molecule has 2 aliphatic rings. The van der Waals surface area contributed by atoms with E-state index in [4.69, 9.17) is 15.2 Å².